The van der Waals surface area contributed by atoms with Crippen LogP contribution in [-0.2, 0) is 0 Å². The molecule has 0 aliphatic rings. The molecule has 0 fully saturated rings. The van der Waals surface area contributed by atoms with E-state index in [0.717, 1.165) is 10.2 Å². The van der Waals surface area contributed by atoms with E-state index in [1.165, 1.54) is 0 Å². The Morgan fingerprint density at radius 1 is 1.38 bits per heavy atom. The normalized spacial score (nSPS) is 10.5. The van der Waals surface area contributed by atoms with Crippen molar-refractivity contribution in [3.05, 3.63) is 28.5 Å². The lowest BCUT2D eigenvalue weighted by molar-refractivity contribution is 1.26. The molecule has 0 radical (unpaired) electrons. The molecule has 0 aromatic carbocycles. The van der Waals surface area contributed by atoms with Gasteiger partial charge in [0.15, 0.2) is 0 Å². The van der Waals surface area contributed by atoms with Crippen molar-refractivity contribution in [2.45, 2.75) is 19.6 Å². The molecule has 0 bridgehead atoms. The molecule has 0 aliphatic carbocycles. The number of hydrogen-bond donors (Lipinski definition) is 0. The lowest BCUT2D eigenvalue weighted by Crippen LogP contribution is -2.16. The van der Waals surface area contributed by atoms with Crippen LogP contribution in [0.3, 0.4) is 0 Å². The van der Waals surface area contributed by atoms with Crippen LogP contribution in [-0.4, -0.2) is 13.1 Å². The van der Waals surface area contributed by atoms with Crippen molar-refractivity contribution in [3.8, 4) is 11.5 Å². The molecule has 0 N–H and O–H groups in total. The minimum Gasteiger partial charge on any atom is -0.248 e. The van der Waals surface area contributed by atoms with Gasteiger partial charge >= 0.3 is 0 Å². The molecular weight excluding hydrogens is 242 g/mol. The number of aromatic nitrogens is 1. The molecule has 0 saturated carbocycles. The van der Waals surface area contributed by atoms with E-state index in [1.807, 2.05) is 12.1 Å². The summed E-state index contributed by atoms with van der Waals surface area (Å²) in [6.07, 6.45) is 1.75. The van der Waals surface area contributed by atoms with Crippen LogP contribution in [0.1, 0.15) is 5.56 Å². The summed E-state index contributed by atoms with van der Waals surface area (Å²) in [5.74, 6) is 3.16. The van der Waals surface area contributed by atoms with E-state index in [9.17, 15) is 0 Å². The van der Waals surface area contributed by atoms with Crippen molar-refractivity contribution in [2.75, 3.05) is 0 Å². The van der Waals surface area contributed by atoms with Gasteiger partial charge in [0.05, 0.1) is 5.56 Å². The summed E-state index contributed by atoms with van der Waals surface area (Å²) in [4.78, 5) is 4.11. The molecule has 1 aromatic heterocycles. The van der Waals surface area contributed by atoms with Crippen molar-refractivity contribution >= 4 is 24.0 Å². The molecule has 0 unspecified atom stereocenters. The summed E-state index contributed by atoms with van der Waals surface area (Å²) < 4.78 is 0.834. The third kappa shape index (κ3) is 3.75. The largest absolute Gasteiger partial charge is 0.248 e. The van der Waals surface area contributed by atoms with Crippen LogP contribution in [0.4, 0.5) is 0 Å². The molecule has 0 atom stereocenters. The van der Waals surface area contributed by atoms with Crippen molar-refractivity contribution in [2.24, 2.45) is 0 Å². The lowest BCUT2D eigenvalue weighted by atomic mass is 10.3. The monoisotopic (exact) mass is 253 g/mol. The number of halogens is 1. The Labute approximate surface area is 88.7 Å². The third-order valence-electron chi connectivity index (χ3n) is 1.33. The molecule has 1 aromatic rings. The highest BCUT2D eigenvalue weighted by atomic mass is 79.9. The van der Waals surface area contributed by atoms with Crippen LogP contribution in [0.15, 0.2) is 22.9 Å². The first-order chi connectivity index (χ1) is 5.99. The first-order valence-corrected chi connectivity index (χ1v) is 8.42. The van der Waals surface area contributed by atoms with Crippen molar-refractivity contribution in [1.82, 2.24) is 4.98 Å². The Hall–Kier alpha value is -0.593. The second-order valence-electron chi connectivity index (χ2n) is 3.84. The smallest absolute Gasteiger partial charge is 0.129 e. The summed E-state index contributed by atoms with van der Waals surface area (Å²) in [5, 5.41) is 0. The van der Waals surface area contributed by atoms with Crippen LogP contribution >= 0.6 is 15.9 Å². The van der Waals surface area contributed by atoms with Gasteiger partial charge in [-0.1, -0.05) is 25.6 Å². The highest BCUT2D eigenvalue weighted by Crippen LogP contribution is 2.11. The van der Waals surface area contributed by atoms with Gasteiger partial charge in [-0.05, 0) is 28.1 Å². The first kappa shape index (κ1) is 10.5. The van der Waals surface area contributed by atoms with E-state index < -0.39 is 8.07 Å². The number of pyridine rings is 1. The van der Waals surface area contributed by atoms with E-state index in [-0.39, 0.29) is 0 Å². The van der Waals surface area contributed by atoms with Crippen LogP contribution < -0.4 is 0 Å². The molecule has 0 amide bonds. The number of nitrogens with zero attached hydrogens (tertiary/aromatic N) is 1. The molecule has 0 spiro atoms. The van der Waals surface area contributed by atoms with Crippen LogP contribution in [0.25, 0.3) is 0 Å². The molecule has 0 aliphatic heterocycles. The van der Waals surface area contributed by atoms with E-state index in [4.69, 9.17) is 0 Å². The van der Waals surface area contributed by atoms with Crippen LogP contribution in [0, 0.1) is 11.5 Å². The predicted octanol–water partition coefficient (Wildman–Crippen LogP) is 3.07. The molecule has 1 rings (SSSR count). The Morgan fingerprint density at radius 3 is 2.62 bits per heavy atom. The van der Waals surface area contributed by atoms with Crippen molar-refractivity contribution in [1.29, 1.82) is 0 Å². The zero-order valence-corrected chi connectivity index (χ0v) is 10.6. The Kier molecular flexibility index (Phi) is 3.29. The van der Waals surface area contributed by atoms with E-state index >= 15 is 0 Å². The van der Waals surface area contributed by atoms with E-state index in [0.29, 0.717) is 0 Å². The average Bonchev–Trinajstić information content (AvgIpc) is 2.01. The van der Waals surface area contributed by atoms with Gasteiger partial charge in [0, 0.05) is 6.20 Å². The predicted molar refractivity (Wildman–Crippen MR) is 62.2 cm³/mol. The zero-order chi connectivity index (χ0) is 9.90. The number of hydrogen-bond acceptors (Lipinski definition) is 1. The maximum absolute atomic E-state index is 4.11. The van der Waals surface area contributed by atoms with Gasteiger partial charge in [0.2, 0.25) is 0 Å². The SMILES string of the molecule is C[Si](C)(C)C#Cc1cccnc1Br. The second kappa shape index (κ2) is 4.08. The van der Waals surface area contributed by atoms with E-state index in [2.05, 4.69) is 52.0 Å². The molecule has 1 nitrogen and oxygen atoms in total. The highest BCUT2D eigenvalue weighted by Gasteiger charge is 2.07. The number of rotatable bonds is 0. The Bertz CT molecular complexity index is 357. The van der Waals surface area contributed by atoms with Crippen LogP contribution in [0.2, 0.25) is 19.6 Å². The minimum atomic E-state index is -1.27. The standard InChI is InChI=1S/C10H12BrNSi/c1-13(2,3)8-6-9-5-4-7-12-10(9)11/h4-5,7H,1-3H3. The lowest BCUT2D eigenvalue weighted by Gasteiger charge is -2.03. The zero-order valence-electron chi connectivity index (χ0n) is 8.06. The minimum absolute atomic E-state index is 0.834. The van der Waals surface area contributed by atoms with Gasteiger partial charge in [0.25, 0.3) is 0 Å². The van der Waals surface area contributed by atoms with Crippen molar-refractivity contribution < 1.29 is 0 Å². The van der Waals surface area contributed by atoms with E-state index in [1.54, 1.807) is 6.20 Å². The fraction of sp³-hybridized carbons (Fsp3) is 0.300. The van der Waals surface area contributed by atoms with Gasteiger partial charge < -0.3 is 0 Å². The van der Waals surface area contributed by atoms with Crippen molar-refractivity contribution in [3.63, 3.8) is 0 Å². The maximum atomic E-state index is 4.11. The molecule has 3 heteroatoms. The topological polar surface area (TPSA) is 12.9 Å². The average molecular weight is 254 g/mol. The molecule has 1 heterocycles. The Morgan fingerprint density at radius 2 is 2.08 bits per heavy atom. The molecule has 68 valence electrons. The summed E-state index contributed by atoms with van der Waals surface area (Å²) in [5.41, 5.74) is 4.27. The fourth-order valence-electron chi connectivity index (χ4n) is 0.734. The van der Waals surface area contributed by atoms with Crippen LogP contribution in [0.5, 0.6) is 0 Å². The molecule has 13 heavy (non-hydrogen) atoms. The van der Waals surface area contributed by atoms with Gasteiger partial charge in [0.1, 0.15) is 12.7 Å². The summed E-state index contributed by atoms with van der Waals surface area (Å²) in [6.45, 7) is 6.68. The fourth-order valence-corrected chi connectivity index (χ4v) is 1.59. The summed E-state index contributed by atoms with van der Waals surface area (Å²) in [7, 11) is -1.27. The molecule has 0 saturated heterocycles. The van der Waals surface area contributed by atoms with Gasteiger partial charge in [-0.15, -0.1) is 5.54 Å². The summed E-state index contributed by atoms with van der Waals surface area (Å²) >= 11 is 3.37. The maximum Gasteiger partial charge on any atom is 0.129 e. The second-order valence-corrected chi connectivity index (χ2v) is 9.34. The van der Waals surface area contributed by atoms with Gasteiger partial charge in [-0.2, -0.15) is 0 Å². The first-order valence-electron chi connectivity index (χ1n) is 4.13. The van der Waals surface area contributed by atoms with Gasteiger partial charge in [-0.25, -0.2) is 4.98 Å². The third-order valence-corrected chi connectivity index (χ3v) is 2.84. The Balaban J connectivity index is 2.97. The quantitative estimate of drug-likeness (QED) is 0.394. The highest BCUT2D eigenvalue weighted by molar-refractivity contribution is 9.10. The summed E-state index contributed by atoms with van der Waals surface area (Å²) in [6, 6.07) is 3.88. The molecular formula is C10H12BrNSi. The van der Waals surface area contributed by atoms with Gasteiger partial charge in [-0.3, -0.25) is 0 Å².